The van der Waals surface area contributed by atoms with Crippen LogP contribution < -0.4 is 0 Å². The number of nitrogens with zero attached hydrogens (tertiary/aromatic N) is 3. The number of aliphatic hydroxyl groups excluding tert-OH is 1. The van der Waals surface area contributed by atoms with Crippen molar-refractivity contribution in [1.29, 1.82) is 0 Å². The lowest BCUT2D eigenvalue weighted by molar-refractivity contribution is -0.128. The summed E-state index contributed by atoms with van der Waals surface area (Å²) in [5.41, 5.74) is 1.86. The standard InChI is InChI=1S/C11H15N3O2/c1-3-11(16)13-5-9-4-8(2)12-14(9)10(6-13)7-15/h3-4,10,15H,1,5-7H2,2H3. The van der Waals surface area contributed by atoms with Crippen LogP contribution in [0.25, 0.3) is 0 Å². The predicted molar refractivity (Wildman–Crippen MR) is 58.7 cm³/mol. The van der Waals surface area contributed by atoms with Crippen molar-refractivity contribution in [2.45, 2.75) is 19.5 Å². The molecule has 0 bridgehead atoms. The fourth-order valence-corrected chi connectivity index (χ4v) is 2.03. The molecule has 1 aliphatic heterocycles. The van der Waals surface area contributed by atoms with Crippen LogP contribution in [0.2, 0.25) is 0 Å². The number of hydrogen-bond donors (Lipinski definition) is 1. The van der Waals surface area contributed by atoms with E-state index in [-0.39, 0.29) is 18.6 Å². The highest BCUT2D eigenvalue weighted by atomic mass is 16.3. The summed E-state index contributed by atoms with van der Waals surface area (Å²) in [6.45, 7) is 6.37. The summed E-state index contributed by atoms with van der Waals surface area (Å²) in [5, 5.41) is 13.6. The summed E-state index contributed by atoms with van der Waals surface area (Å²) in [7, 11) is 0. The number of fused-ring (bicyclic) bond motifs is 1. The molecule has 16 heavy (non-hydrogen) atoms. The van der Waals surface area contributed by atoms with Gasteiger partial charge >= 0.3 is 0 Å². The molecule has 0 aliphatic carbocycles. The Morgan fingerprint density at radius 2 is 2.56 bits per heavy atom. The van der Waals surface area contributed by atoms with E-state index in [0.29, 0.717) is 13.1 Å². The molecule has 2 rings (SSSR count). The molecule has 0 spiro atoms. The monoisotopic (exact) mass is 221 g/mol. The maximum Gasteiger partial charge on any atom is 0.246 e. The van der Waals surface area contributed by atoms with Crippen molar-refractivity contribution in [3.8, 4) is 0 Å². The van der Waals surface area contributed by atoms with E-state index >= 15 is 0 Å². The Kier molecular flexibility index (Phi) is 2.78. The third-order valence-corrected chi connectivity index (χ3v) is 2.76. The summed E-state index contributed by atoms with van der Waals surface area (Å²) < 4.78 is 1.81. The Morgan fingerprint density at radius 1 is 1.81 bits per heavy atom. The van der Waals surface area contributed by atoms with Gasteiger partial charge in [0.2, 0.25) is 5.91 Å². The molecule has 86 valence electrons. The molecule has 1 aliphatic rings. The third-order valence-electron chi connectivity index (χ3n) is 2.76. The van der Waals surface area contributed by atoms with Gasteiger partial charge < -0.3 is 10.0 Å². The first-order valence-electron chi connectivity index (χ1n) is 5.23. The second-order valence-electron chi connectivity index (χ2n) is 3.98. The van der Waals surface area contributed by atoms with Crippen LogP contribution in [-0.2, 0) is 11.3 Å². The lowest BCUT2D eigenvalue weighted by Gasteiger charge is -2.32. The highest BCUT2D eigenvalue weighted by Crippen LogP contribution is 2.21. The van der Waals surface area contributed by atoms with Crippen molar-refractivity contribution < 1.29 is 9.90 Å². The van der Waals surface area contributed by atoms with E-state index in [1.807, 2.05) is 17.7 Å². The molecule has 1 aromatic heterocycles. The lowest BCUT2D eigenvalue weighted by atomic mass is 10.2. The van der Waals surface area contributed by atoms with E-state index in [4.69, 9.17) is 0 Å². The Morgan fingerprint density at radius 3 is 3.19 bits per heavy atom. The van der Waals surface area contributed by atoms with Crippen LogP contribution in [0.15, 0.2) is 18.7 Å². The zero-order valence-corrected chi connectivity index (χ0v) is 9.26. The van der Waals surface area contributed by atoms with Crippen LogP contribution in [0, 0.1) is 6.92 Å². The van der Waals surface area contributed by atoms with E-state index in [0.717, 1.165) is 11.4 Å². The summed E-state index contributed by atoms with van der Waals surface area (Å²) in [5.74, 6) is -0.108. The molecule has 0 radical (unpaired) electrons. The summed E-state index contributed by atoms with van der Waals surface area (Å²) >= 11 is 0. The first kappa shape index (κ1) is 10.9. The van der Waals surface area contributed by atoms with Crippen LogP contribution in [0.1, 0.15) is 17.4 Å². The number of amides is 1. The van der Waals surface area contributed by atoms with Crippen molar-refractivity contribution in [2.24, 2.45) is 0 Å². The molecule has 5 nitrogen and oxygen atoms in total. The molecule has 1 atom stereocenters. The molecule has 1 amide bonds. The molecular formula is C11H15N3O2. The predicted octanol–water partition coefficient (Wildman–Crippen LogP) is 0.253. The van der Waals surface area contributed by atoms with E-state index in [2.05, 4.69) is 11.7 Å². The van der Waals surface area contributed by atoms with Gasteiger partial charge in [0.1, 0.15) is 0 Å². The van der Waals surface area contributed by atoms with E-state index in [1.54, 1.807) is 4.90 Å². The van der Waals surface area contributed by atoms with E-state index in [9.17, 15) is 9.90 Å². The Bertz CT molecular complexity index is 425. The van der Waals surface area contributed by atoms with Gasteiger partial charge in [-0.25, -0.2) is 0 Å². The molecule has 1 unspecified atom stereocenters. The van der Waals surface area contributed by atoms with Crippen LogP contribution in [0.4, 0.5) is 0 Å². The van der Waals surface area contributed by atoms with Crippen molar-refractivity contribution in [1.82, 2.24) is 14.7 Å². The van der Waals surface area contributed by atoms with Gasteiger partial charge in [-0.05, 0) is 19.1 Å². The molecule has 1 aromatic rings. The number of aliphatic hydroxyl groups is 1. The van der Waals surface area contributed by atoms with Crippen LogP contribution >= 0.6 is 0 Å². The Hall–Kier alpha value is -1.62. The molecule has 0 aromatic carbocycles. The highest BCUT2D eigenvalue weighted by molar-refractivity contribution is 5.87. The quantitative estimate of drug-likeness (QED) is 0.728. The zero-order chi connectivity index (χ0) is 11.7. The van der Waals surface area contributed by atoms with Crippen LogP contribution in [-0.4, -0.2) is 38.8 Å². The molecule has 0 saturated carbocycles. The van der Waals surface area contributed by atoms with Crippen molar-refractivity contribution in [3.05, 3.63) is 30.1 Å². The maximum atomic E-state index is 11.5. The number of aromatic nitrogens is 2. The summed E-state index contributed by atoms with van der Waals surface area (Å²) in [6.07, 6.45) is 1.30. The van der Waals surface area contributed by atoms with Crippen molar-refractivity contribution in [2.75, 3.05) is 13.2 Å². The van der Waals surface area contributed by atoms with Gasteiger partial charge in [0.05, 0.1) is 30.6 Å². The van der Waals surface area contributed by atoms with E-state index < -0.39 is 0 Å². The fraction of sp³-hybridized carbons (Fsp3) is 0.455. The van der Waals surface area contributed by atoms with Gasteiger partial charge in [0, 0.05) is 6.54 Å². The minimum Gasteiger partial charge on any atom is -0.394 e. The number of aryl methyl sites for hydroxylation is 1. The normalized spacial score (nSPS) is 19.4. The maximum absolute atomic E-state index is 11.5. The number of carbonyl (C=O) groups is 1. The highest BCUT2D eigenvalue weighted by Gasteiger charge is 2.27. The van der Waals surface area contributed by atoms with Crippen LogP contribution in [0.3, 0.4) is 0 Å². The minimum atomic E-state index is -0.152. The average molecular weight is 221 g/mol. The Balaban J connectivity index is 2.31. The van der Waals surface area contributed by atoms with Crippen LogP contribution in [0.5, 0.6) is 0 Å². The second-order valence-corrected chi connectivity index (χ2v) is 3.98. The fourth-order valence-electron chi connectivity index (χ4n) is 2.03. The third kappa shape index (κ3) is 1.74. The van der Waals surface area contributed by atoms with Gasteiger partial charge in [0.15, 0.2) is 0 Å². The first-order valence-corrected chi connectivity index (χ1v) is 5.23. The summed E-state index contributed by atoms with van der Waals surface area (Å²) in [4.78, 5) is 13.2. The van der Waals surface area contributed by atoms with Gasteiger partial charge in [0.25, 0.3) is 0 Å². The van der Waals surface area contributed by atoms with Crippen molar-refractivity contribution >= 4 is 5.91 Å². The first-order chi connectivity index (χ1) is 7.65. The topological polar surface area (TPSA) is 58.4 Å². The van der Waals surface area contributed by atoms with Gasteiger partial charge in [-0.3, -0.25) is 9.48 Å². The minimum absolute atomic E-state index is 0.0188. The second kappa shape index (κ2) is 4.09. The zero-order valence-electron chi connectivity index (χ0n) is 9.26. The van der Waals surface area contributed by atoms with Gasteiger partial charge in [-0.2, -0.15) is 5.10 Å². The smallest absolute Gasteiger partial charge is 0.246 e. The number of carbonyl (C=O) groups excluding carboxylic acids is 1. The summed E-state index contributed by atoms with van der Waals surface area (Å²) in [6, 6.07) is 1.78. The average Bonchev–Trinajstić information content (AvgIpc) is 2.66. The molecule has 0 fully saturated rings. The SMILES string of the molecule is C=CC(=O)N1Cc2cc(C)nn2C(CO)C1. The molecule has 0 saturated heterocycles. The molecule has 5 heteroatoms. The molecule has 1 N–H and O–H groups in total. The van der Waals surface area contributed by atoms with E-state index in [1.165, 1.54) is 6.08 Å². The largest absolute Gasteiger partial charge is 0.394 e. The van der Waals surface area contributed by atoms with Gasteiger partial charge in [-0.1, -0.05) is 6.58 Å². The molecule has 2 heterocycles. The number of hydrogen-bond acceptors (Lipinski definition) is 3. The molecular weight excluding hydrogens is 206 g/mol. The lowest BCUT2D eigenvalue weighted by Crippen LogP contribution is -2.41. The Labute approximate surface area is 94.0 Å². The number of rotatable bonds is 2. The van der Waals surface area contributed by atoms with Crippen molar-refractivity contribution in [3.63, 3.8) is 0 Å². The van der Waals surface area contributed by atoms with Gasteiger partial charge in [-0.15, -0.1) is 0 Å².